The number of ether oxygens (including phenoxy) is 1. The van der Waals surface area contributed by atoms with Crippen molar-refractivity contribution < 1.29 is 14.6 Å². The van der Waals surface area contributed by atoms with E-state index in [4.69, 9.17) is 9.84 Å². The number of methoxy groups -OCH3 is 1. The minimum absolute atomic E-state index is 0.000697. The molecule has 0 saturated carbocycles. The maximum absolute atomic E-state index is 10.9. The second-order valence-corrected chi connectivity index (χ2v) is 3.26. The Labute approximate surface area is 91.5 Å². The highest BCUT2D eigenvalue weighted by molar-refractivity contribution is 5.90. The van der Waals surface area contributed by atoms with Gasteiger partial charge in [-0.05, 0) is 6.42 Å². The van der Waals surface area contributed by atoms with E-state index in [1.54, 1.807) is 6.07 Å². The van der Waals surface area contributed by atoms with Crippen molar-refractivity contribution in [2.75, 3.05) is 7.11 Å². The van der Waals surface area contributed by atoms with Gasteiger partial charge in [0.05, 0.1) is 19.0 Å². The molecule has 0 unspecified atom stereocenters. The lowest BCUT2D eigenvalue weighted by Crippen LogP contribution is -2.05. The van der Waals surface area contributed by atoms with Gasteiger partial charge in [0, 0.05) is 6.07 Å². The number of rotatable bonds is 3. The molecule has 0 atom stereocenters. The average molecular weight is 221 g/mol. The van der Waals surface area contributed by atoms with Crippen molar-refractivity contribution in [1.29, 1.82) is 0 Å². The zero-order valence-electron chi connectivity index (χ0n) is 8.97. The minimum Gasteiger partial charge on any atom is -0.480 e. The van der Waals surface area contributed by atoms with Gasteiger partial charge in [0.25, 0.3) is 0 Å². The summed E-state index contributed by atoms with van der Waals surface area (Å²) >= 11 is 0. The molecule has 0 fully saturated rings. The fourth-order valence-electron chi connectivity index (χ4n) is 1.43. The van der Waals surface area contributed by atoms with Crippen LogP contribution in [0.25, 0.3) is 5.65 Å². The number of carboxylic acid groups (broad SMARTS) is 1. The molecule has 0 radical (unpaired) electrons. The van der Waals surface area contributed by atoms with Crippen molar-refractivity contribution in [1.82, 2.24) is 14.6 Å². The normalized spacial score (nSPS) is 10.6. The Morgan fingerprint density at radius 3 is 2.94 bits per heavy atom. The number of aromatic nitrogens is 3. The predicted molar refractivity (Wildman–Crippen MR) is 55.9 cm³/mol. The van der Waals surface area contributed by atoms with Crippen molar-refractivity contribution in [3.05, 3.63) is 23.5 Å². The number of carboxylic acids is 1. The second-order valence-electron chi connectivity index (χ2n) is 3.26. The third-order valence-electron chi connectivity index (χ3n) is 2.25. The number of hydrogen-bond acceptors (Lipinski definition) is 4. The van der Waals surface area contributed by atoms with Crippen LogP contribution in [0, 0.1) is 0 Å². The highest BCUT2D eigenvalue weighted by Gasteiger charge is 2.15. The molecule has 2 aromatic heterocycles. The van der Waals surface area contributed by atoms with E-state index in [0.29, 0.717) is 5.65 Å². The Morgan fingerprint density at radius 2 is 2.38 bits per heavy atom. The molecule has 0 amide bonds. The fourth-order valence-corrected chi connectivity index (χ4v) is 1.43. The third-order valence-corrected chi connectivity index (χ3v) is 2.25. The molecule has 0 aliphatic carbocycles. The van der Waals surface area contributed by atoms with E-state index in [1.165, 1.54) is 17.8 Å². The van der Waals surface area contributed by atoms with E-state index >= 15 is 0 Å². The lowest BCUT2D eigenvalue weighted by atomic mass is 10.3. The second kappa shape index (κ2) is 3.80. The summed E-state index contributed by atoms with van der Waals surface area (Å²) in [7, 11) is 1.39. The van der Waals surface area contributed by atoms with Gasteiger partial charge in [-0.1, -0.05) is 6.92 Å². The number of aromatic carboxylic acids is 1. The van der Waals surface area contributed by atoms with Crippen LogP contribution in [0.2, 0.25) is 0 Å². The number of hydrogen-bond donors (Lipinski definition) is 1. The zero-order chi connectivity index (χ0) is 11.7. The van der Waals surface area contributed by atoms with Gasteiger partial charge in [-0.2, -0.15) is 10.1 Å². The van der Waals surface area contributed by atoms with Crippen LogP contribution in [0.4, 0.5) is 0 Å². The van der Waals surface area contributed by atoms with Crippen LogP contribution in [-0.2, 0) is 6.42 Å². The summed E-state index contributed by atoms with van der Waals surface area (Å²) in [5.41, 5.74) is 1.44. The monoisotopic (exact) mass is 221 g/mol. The summed E-state index contributed by atoms with van der Waals surface area (Å²) in [6.07, 6.45) is 2.18. The maximum atomic E-state index is 10.9. The Bertz CT molecular complexity index is 547. The van der Waals surface area contributed by atoms with E-state index in [1.807, 2.05) is 6.92 Å². The van der Waals surface area contributed by atoms with Gasteiger partial charge in [0.15, 0.2) is 5.65 Å². The van der Waals surface area contributed by atoms with Gasteiger partial charge in [0.2, 0.25) is 5.88 Å². The predicted octanol–water partition coefficient (Wildman–Crippen LogP) is 0.998. The lowest BCUT2D eigenvalue weighted by Gasteiger charge is -2.03. The van der Waals surface area contributed by atoms with E-state index in [0.717, 1.165) is 12.1 Å². The van der Waals surface area contributed by atoms with Gasteiger partial charge in [-0.15, -0.1) is 0 Å². The highest BCUT2D eigenvalue weighted by atomic mass is 16.5. The maximum Gasteiger partial charge on any atom is 0.342 e. The van der Waals surface area contributed by atoms with Crippen molar-refractivity contribution >= 4 is 11.6 Å². The van der Waals surface area contributed by atoms with Crippen molar-refractivity contribution in [3.8, 4) is 5.88 Å². The van der Waals surface area contributed by atoms with Crippen molar-refractivity contribution in [2.45, 2.75) is 13.3 Å². The SMILES string of the molecule is CCc1cc2nc(OC)c(C(=O)O)cn2n1. The largest absolute Gasteiger partial charge is 0.480 e. The molecule has 16 heavy (non-hydrogen) atoms. The topological polar surface area (TPSA) is 76.7 Å². The summed E-state index contributed by atoms with van der Waals surface area (Å²) in [4.78, 5) is 15.0. The molecule has 0 aliphatic rings. The van der Waals surface area contributed by atoms with Gasteiger partial charge in [-0.25, -0.2) is 9.31 Å². The van der Waals surface area contributed by atoms with Crippen molar-refractivity contribution in [3.63, 3.8) is 0 Å². The Balaban J connectivity index is 2.67. The van der Waals surface area contributed by atoms with Gasteiger partial charge >= 0.3 is 5.97 Å². The first kappa shape index (κ1) is 10.4. The number of nitrogens with zero attached hydrogens (tertiary/aromatic N) is 3. The third kappa shape index (κ3) is 1.58. The summed E-state index contributed by atoms with van der Waals surface area (Å²) in [6, 6.07) is 1.80. The van der Waals surface area contributed by atoms with Crippen LogP contribution in [0.1, 0.15) is 23.0 Å². The number of fused-ring (bicyclic) bond motifs is 1. The number of carbonyl (C=O) groups is 1. The van der Waals surface area contributed by atoms with Crippen LogP contribution >= 0.6 is 0 Å². The smallest absolute Gasteiger partial charge is 0.342 e. The molecular weight excluding hydrogens is 210 g/mol. The molecule has 0 saturated heterocycles. The van der Waals surface area contributed by atoms with Crippen LogP contribution in [0.5, 0.6) is 5.88 Å². The molecule has 2 aromatic rings. The summed E-state index contributed by atoms with van der Waals surface area (Å²) in [5, 5.41) is 13.1. The molecule has 0 aromatic carbocycles. The standard InChI is InChI=1S/C10H11N3O3/c1-3-6-4-8-11-9(16-2)7(10(14)15)5-13(8)12-6/h4-5H,3H2,1-2H3,(H,14,15). The first-order valence-electron chi connectivity index (χ1n) is 4.82. The average Bonchev–Trinajstić information content (AvgIpc) is 2.68. The molecule has 6 nitrogen and oxygen atoms in total. The quantitative estimate of drug-likeness (QED) is 0.836. The number of aryl methyl sites for hydroxylation is 1. The van der Waals surface area contributed by atoms with Gasteiger partial charge < -0.3 is 9.84 Å². The highest BCUT2D eigenvalue weighted by Crippen LogP contribution is 2.17. The van der Waals surface area contributed by atoms with E-state index in [9.17, 15) is 4.79 Å². The molecule has 0 spiro atoms. The van der Waals surface area contributed by atoms with Crippen LogP contribution in [0.15, 0.2) is 12.3 Å². The first-order valence-corrected chi connectivity index (χ1v) is 4.82. The van der Waals surface area contributed by atoms with Gasteiger partial charge in [-0.3, -0.25) is 0 Å². The molecule has 84 valence electrons. The molecule has 2 heterocycles. The minimum atomic E-state index is -1.08. The zero-order valence-corrected chi connectivity index (χ0v) is 8.97. The van der Waals surface area contributed by atoms with E-state index < -0.39 is 5.97 Å². The molecule has 6 heteroatoms. The summed E-state index contributed by atoms with van der Waals surface area (Å²) < 4.78 is 6.37. The molecule has 2 rings (SSSR count). The summed E-state index contributed by atoms with van der Waals surface area (Å²) in [6.45, 7) is 1.97. The van der Waals surface area contributed by atoms with E-state index in [2.05, 4.69) is 10.1 Å². The summed E-state index contributed by atoms with van der Waals surface area (Å²) in [5.74, 6) is -0.984. The molecular formula is C10H11N3O3. The van der Waals surface area contributed by atoms with E-state index in [-0.39, 0.29) is 11.4 Å². The Kier molecular flexibility index (Phi) is 2.47. The van der Waals surface area contributed by atoms with Gasteiger partial charge in [0.1, 0.15) is 5.56 Å². The molecule has 1 N–H and O–H groups in total. The van der Waals surface area contributed by atoms with Crippen LogP contribution < -0.4 is 4.74 Å². The van der Waals surface area contributed by atoms with Crippen molar-refractivity contribution in [2.24, 2.45) is 0 Å². The van der Waals surface area contributed by atoms with Crippen LogP contribution in [0.3, 0.4) is 0 Å². The first-order chi connectivity index (χ1) is 7.65. The Hall–Kier alpha value is -2.11. The molecule has 0 aliphatic heterocycles. The molecule has 0 bridgehead atoms. The lowest BCUT2D eigenvalue weighted by molar-refractivity contribution is 0.0691. The van der Waals surface area contributed by atoms with Crippen LogP contribution in [-0.4, -0.2) is 32.8 Å². The fraction of sp³-hybridized carbons (Fsp3) is 0.300. The Morgan fingerprint density at radius 1 is 1.62 bits per heavy atom.